The highest BCUT2D eigenvalue weighted by molar-refractivity contribution is 5.84. The molecule has 0 heterocycles. The SMILES string of the molecule is CCCOCCCOc1ccc2cc(CCc3ccc(OCCCCCCO)cc3)ccc2c1. The average Bonchev–Trinajstić information content (AvgIpc) is 2.87. The topological polar surface area (TPSA) is 47.9 Å². The standard InChI is InChI=1S/C30H40O4/c1-2-19-32-20-7-22-34-30-17-14-27-23-26(10-13-28(27)24-30)9-8-25-11-15-29(16-12-25)33-21-6-4-3-5-18-31/h10-17,23-24,31H,2-9,18-22H2,1H3. The predicted molar refractivity (Wildman–Crippen MR) is 140 cm³/mol. The van der Waals surface area contributed by atoms with E-state index < -0.39 is 0 Å². The molecule has 0 aliphatic carbocycles. The van der Waals surface area contributed by atoms with Crippen molar-refractivity contribution in [3.63, 3.8) is 0 Å². The fraction of sp³-hybridized carbons (Fsp3) is 0.467. The van der Waals surface area contributed by atoms with Gasteiger partial charge in [0.15, 0.2) is 0 Å². The van der Waals surface area contributed by atoms with Crippen LogP contribution in [0.15, 0.2) is 60.7 Å². The fourth-order valence-electron chi connectivity index (χ4n) is 3.91. The molecule has 0 atom stereocenters. The van der Waals surface area contributed by atoms with Crippen molar-refractivity contribution < 1.29 is 19.3 Å². The summed E-state index contributed by atoms with van der Waals surface area (Å²) in [6.07, 6.45) is 8.08. The molecule has 0 saturated carbocycles. The Labute approximate surface area is 204 Å². The number of aryl methyl sites for hydroxylation is 2. The summed E-state index contributed by atoms with van der Waals surface area (Å²) in [7, 11) is 0. The van der Waals surface area contributed by atoms with Crippen LogP contribution in [-0.4, -0.2) is 38.1 Å². The van der Waals surface area contributed by atoms with Crippen LogP contribution in [0.2, 0.25) is 0 Å². The maximum Gasteiger partial charge on any atom is 0.119 e. The second kappa shape index (κ2) is 15.4. The Bertz CT molecular complexity index is 952. The van der Waals surface area contributed by atoms with Crippen LogP contribution in [0.4, 0.5) is 0 Å². The van der Waals surface area contributed by atoms with Crippen molar-refractivity contribution in [2.24, 2.45) is 0 Å². The smallest absolute Gasteiger partial charge is 0.119 e. The molecule has 0 saturated heterocycles. The second-order valence-corrected chi connectivity index (χ2v) is 8.79. The van der Waals surface area contributed by atoms with Crippen LogP contribution in [0.3, 0.4) is 0 Å². The summed E-state index contributed by atoms with van der Waals surface area (Å²) in [6, 6.07) is 21.5. The third-order valence-corrected chi connectivity index (χ3v) is 5.87. The fourth-order valence-corrected chi connectivity index (χ4v) is 3.91. The van der Waals surface area contributed by atoms with E-state index in [4.69, 9.17) is 19.3 Å². The molecule has 4 nitrogen and oxygen atoms in total. The molecular weight excluding hydrogens is 424 g/mol. The van der Waals surface area contributed by atoms with Crippen molar-refractivity contribution in [1.29, 1.82) is 0 Å². The van der Waals surface area contributed by atoms with Gasteiger partial charge in [0.1, 0.15) is 11.5 Å². The summed E-state index contributed by atoms with van der Waals surface area (Å²) in [6.45, 7) is 5.41. The lowest BCUT2D eigenvalue weighted by Crippen LogP contribution is -2.03. The molecule has 0 aromatic heterocycles. The van der Waals surface area contributed by atoms with Crippen molar-refractivity contribution >= 4 is 10.8 Å². The normalized spacial score (nSPS) is 11.1. The highest BCUT2D eigenvalue weighted by Crippen LogP contribution is 2.23. The number of hydrogen-bond acceptors (Lipinski definition) is 4. The molecule has 0 amide bonds. The second-order valence-electron chi connectivity index (χ2n) is 8.79. The first kappa shape index (κ1) is 26.1. The number of unbranched alkanes of at least 4 members (excludes halogenated alkanes) is 3. The summed E-state index contributed by atoms with van der Waals surface area (Å²) in [4.78, 5) is 0. The molecule has 0 radical (unpaired) electrons. The highest BCUT2D eigenvalue weighted by atomic mass is 16.5. The van der Waals surface area contributed by atoms with Gasteiger partial charge in [-0.25, -0.2) is 0 Å². The van der Waals surface area contributed by atoms with E-state index in [0.29, 0.717) is 6.61 Å². The first-order valence-electron chi connectivity index (χ1n) is 12.8. The van der Waals surface area contributed by atoms with E-state index in [9.17, 15) is 0 Å². The first-order chi connectivity index (χ1) is 16.8. The summed E-state index contributed by atoms with van der Waals surface area (Å²) < 4.78 is 17.2. The third-order valence-electron chi connectivity index (χ3n) is 5.87. The van der Waals surface area contributed by atoms with Gasteiger partial charge in [0.2, 0.25) is 0 Å². The molecule has 3 rings (SSSR count). The van der Waals surface area contributed by atoms with Crippen LogP contribution in [0.25, 0.3) is 10.8 Å². The number of fused-ring (bicyclic) bond motifs is 1. The number of rotatable bonds is 17. The maximum absolute atomic E-state index is 8.81. The van der Waals surface area contributed by atoms with Gasteiger partial charge in [0.05, 0.1) is 13.2 Å². The minimum Gasteiger partial charge on any atom is -0.494 e. The largest absolute Gasteiger partial charge is 0.494 e. The quantitative estimate of drug-likeness (QED) is 0.224. The Balaban J connectivity index is 1.41. The molecule has 0 fully saturated rings. The third kappa shape index (κ3) is 9.36. The van der Waals surface area contributed by atoms with E-state index in [-0.39, 0.29) is 6.61 Å². The lowest BCUT2D eigenvalue weighted by Gasteiger charge is -2.09. The number of aliphatic hydroxyl groups excluding tert-OH is 1. The van der Waals surface area contributed by atoms with Crippen LogP contribution >= 0.6 is 0 Å². The molecule has 1 N–H and O–H groups in total. The van der Waals surface area contributed by atoms with Gasteiger partial charge >= 0.3 is 0 Å². The number of aliphatic hydroxyl groups is 1. The van der Waals surface area contributed by atoms with Crippen molar-refractivity contribution in [2.45, 2.75) is 58.3 Å². The van der Waals surface area contributed by atoms with E-state index >= 15 is 0 Å². The minimum absolute atomic E-state index is 0.285. The van der Waals surface area contributed by atoms with Crippen LogP contribution in [-0.2, 0) is 17.6 Å². The molecule has 3 aromatic rings. The van der Waals surface area contributed by atoms with Crippen molar-refractivity contribution in [3.8, 4) is 11.5 Å². The Kier molecular flexibility index (Phi) is 11.8. The predicted octanol–water partition coefficient (Wildman–Crippen LogP) is 6.75. The van der Waals surface area contributed by atoms with Gasteiger partial charge in [-0.15, -0.1) is 0 Å². The first-order valence-corrected chi connectivity index (χ1v) is 12.8. The minimum atomic E-state index is 0.285. The molecule has 184 valence electrons. The molecule has 4 heteroatoms. The zero-order valence-corrected chi connectivity index (χ0v) is 20.6. The zero-order valence-electron chi connectivity index (χ0n) is 20.6. The summed E-state index contributed by atoms with van der Waals surface area (Å²) in [5.74, 6) is 1.85. The Morgan fingerprint density at radius 1 is 0.588 bits per heavy atom. The number of ether oxygens (including phenoxy) is 3. The van der Waals surface area contributed by atoms with Gasteiger partial charge in [0, 0.05) is 26.2 Å². The maximum atomic E-state index is 8.81. The van der Waals surface area contributed by atoms with Gasteiger partial charge in [-0.2, -0.15) is 0 Å². The summed E-state index contributed by atoms with van der Waals surface area (Å²) >= 11 is 0. The van der Waals surface area contributed by atoms with E-state index in [0.717, 1.165) is 82.7 Å². The molecular formula is C30H40O4. The van der Waals surface area contributed by atoms with Gasteiger partial charge < -0.3 is 19.3 Å². The Morgan fingerprint density at radius 2 is 1.24 bits per heavy atom. The molecule has 0 spiro atoms. The van der Waals surface area contributed by atoms with Crippen LogP contribution < -0.4 is 9.47 Å². The van der Waals surface area contributed by atoms with Crippen molar-refractivity contribution in [1.82, 2.24) is 0 Å². The number of benzene rings is 3. The van der Waals surface area contributed by atoms with Gasteiger partial charge in [-0.3, -0.25) is 0 Å². The molecule has 0 unspecified atom stereocenters. The molecule has 0 aliphatic heterocycles. The van der Waals surface area contributed by atoms with Gasteiger partial charge in [0.25, 0.3) is 0 Å². The lowest BCUT2D eigenvalue weighted by atomic mass is 10.0. The van der Waals surface area contributed by atoms with Crippen LogP contribution in [0, 0.1) is 0 Å². The average molecular weight is 465 g/mol. The van der Waals surface area contributed by atoms with Crippen LogP contribution in [0.1, 0.15) is 56.6 Å². The monoisotopic (exact) mass is 464 g/mol. The Morgan fingerprint density at radius 3 is 2.06 bits per heavy atom. The molecule has 34 heavy (non-hydrogen) atoms. The molecule has 0 bridgehead atoms. The van der Waals surface area contributed by atoms with E-state index in [1.807, 2.05) is 0 Å². The van der Waals surface area contributed by atoms with Crippen LogP contribution in [0.5, 0.6) is 11.5 Å². The van der Waals surface area contributed by atoms with Gasteiger partial charge in [-0.05, 0) is 84.7 Å². The van der Waals surface area contributed by atoms with E-state index in [1.54, 1.807) is 0 Å². The Hall–Kier alpha value is -2.56. The summed E-state index contributed by atoms with van der Waals surface area (Å²) in [5.41, 5.74) is 2.67. The van der Waals surface area contributed by atoms with Crippen molar-refractivity contribution in [2.75, 3.05) is 33.0 Å². The number of hydrogen-bond donors (Lipinski definition) is 1. The lowest BCUT2D eigenvalue weighted by molar-refractivity contribution is 0.120. The van der Waals surface area contributed by atoms with Crippen molar-refractivity contribution in [3.05, 3.63) is 71.8 Å². The molecule has 0 aliphatic rings. The zero-order chi connectivity index (χ0) is 23.8. The van der Waals surface area contributed by atoms with E-state index in [2.05, 4.69) is 67.6 Å². The molecule has 3 aromatic carbocycles. The van der Waals surface area contributed by atoms with E-state index in [1.165, 1.54) is 21.9 Å². The summed E-state index contributed by atoms with van der Waals surface area (Å²) in [5, 5.41) is 11.3. The highest BCUT2D eigenvalue weighted by Gasteiger charge is 2.02. The van der Waals surface area contributed by atoms with Gasteiger partial charge in [-0.1, -0.05) is 49.7 Å².